The third-order valence-electron chi connectivity index (χ3n) is 7.87. The first kappa shape index (κ1) is 22.4. The van der Waals surface area contributed by atoms with Gasteiger partial charge < -0.3 is 24.3 Å². The predicted octanol–water partition coefficient (Wildman–Crippen LogP) is 5.25. The molecule has 3 aromatic rings. The smallest absolute Gasteiger partial charge is 0.335 e. The fourth-order valence-electron chi connectivity index (χ4n) is 5.79. The second kappa shape index (κ2) is 8.88. The summed E-state index contributed by atoms with van der Waals surface area (Å²) in [5, 5.41) is 10.5. The van der Waals surface area contributed by atoms with Crippen molar-refractivity contribution in [1.29, 1.82) is 0 Å². The third kappa shape index (κ3) is 4.06. The predicted molar refractivity (Wildman–Crippen MR) is 132 cm³/mol. The average molecular weight is 477 g/mol. The van der Waals surface area contributed by atoms with E-state index in [1.54, 1.807) is 19.2 Å². The number of piperidine rings is 1. The summed E-state index contributed by atoms with van der Waals surface area (Å²) in [7, 11) is 1.73. The number of aromatic nitrogens is 1. The number of carboxylic acids is 1. The SMILES string of the molecule is COc1cc(C)c2[nH]cc3c2c1C(N1CC[C@@H](OCC2CC2)C[C@@H]1c1ccc(C(=O)O)cc1)CO3. The van der Waals surface area contributed by atoms with E-state index < -0.39 is 5.97 Å². The number of nitrogens with zero attached hydrogens (tertiary/aromatic N) is 1. The van der Waals surface area contributed by atoms with Gasteiger partial charge in [-0.2, -0.15) is 0 Å². The van der Waals surface area contributed by atoms with Crippen LogP contribution in [0.25, 0.3) is 10.9 Å². The zero-order valence-electron chi connectivity index (χ0n) is 20.3. The van der Waals surface area contributed by atoms with Crippen molar-refractivity contribution in [3.05, 3.63) is 58.8 Å². The van der Waals surface area contributed by atoms with Crippen LogP contribution < -0.4 is 9.47 Å². The molecule has 0 amide bonds. The maximum atomic E-state index is 11.4. The van der Waals surface area contributed by atoms with Crippen LogP contribution in [0.5, 0.6) is 11.5 Å². The van der Waals surface area contributed by atoms with Crippen molar-refractivity contribution in [2.45, 2.75) is 50.8 Å². The lowest BCUT2D eigenvalue weighted by atomic mass is 9.88. The molecular formula is C28H32N2O5. The van der Waals surface area contributed by atoms with Crippen LogP contribution in [-0.2, 0) is 4.74 Å². The zero-order valence-corrected chi connectivity index (χ0v) is 20.3. The van der Waals surface area contributed by atoms with Crippen LogP contribution in [-0.4, -0.2) is 53.9 Å². The lowest BCUT2D eigenvalue weighted by molar-refractivity contribution is -0.0404. The lowest BCUT2D eigenvalue weighted by Crippen LogP contribution is -2.44. The molecule has 7 nitrogen and oxygen atoms in total. The summed E-state index contributed by atoms with van der Waals surface area (Å²) in [4.78, 5) is 17.3. The van der Waals surface area contributed by atoms with Gasteiger partial charge in [0.2, 0.25) is 0 Å². The zero-order chi connectivity index (χ0) is 24.1. The van der Waals surface area contributed by atoms with Gasteiger partial charge in [0.25, 0.3) is 0 Å². The molecule has 3 heterocycles. The Labute approximate surface area is 205 Å². The van der Waals surface area contributed by atoms with Crippen LogP contribution in [0, 0.1) is 12.8 Å². The Balaban J connectivity index is 1.38. The van der Waals surface area contributed by atoms with Crippen LogP contribution in [0.15, 0.2) is 36.5 Å². The summed E-state index contributed by atoms with van der Waals surface area (Å²) in [6.07, 6.45) is 6.53. The first-order valence-corrected chi connectivity index (χ1v) is 12.6. The monoisotopic (exact) mass is 476 g/mol. The number of hydrogen-bond donors (Lipinski definition) is 2. The van der Waals surface area contributed by atoms with Crippen LogP contribution >= 0.6 is 0 Å². The summed E-state index contributed by atoms with van der Waals surface area (Å²) in [5.74, 6) is 1.58. The van der Waals surface area contributed by atoms with Crippen molar-refractivity contribution in [3.63, 3.8) is 0 Å². The van der Waals surface area contributed by atoms with Gasteiger partial charge in [-0.05, 0) is 67.9 Å². The molecule has 2 aliphatic heterocycles. The summed E-state index contributed by atoms with van der Waals surface area (Å²) in [5.41, 5.74) is 4.80. The minimum Gasteiger partial charge on any atom is -0.496 e. The van der Waals surface area contributed by atoms with E-state index in [4.69, 9.17) is 14.2 Å². The average Bonchev–Trinajstić information content (AvgIpc) is 3.61. The number of H-pyrrole nitrogens is 1. The van der Waals surface area contributed by atoms with Crippen LogP contribution in [0.1, 0.15) is 64.8 Å². The minimum absolute atomic E-state index is 0.0184. The molecule has 0 spiro atoms. The Bertz CT molecular complexity index is 1250. The Morgan fingerprint density at radius 3 is 2.71 bits per heavy atom. The van der Waals surface area contributed by atoms with Crippen molar-refractivity contribution in [2.24, 2.45) is 5.92 Å². The highest BCUT2D eigenvalue weighted by Gasteiger charge is 2.40. The van der Waals surface area contributed by atoms with E-state index in [0.29, 0.717) is 12.2 Å². The number of ether oxygens (including phenoxy) is 3. The van der Waals surface area contributed by atoms with Crippen molar-refractivity contribution in [3.8, 4) is 11.5 Å². The van der Waals surface area contributed by atoms with Gasteiger partial charge in [0.05, 0.1) is 35.7 Å². The molecule has 1 saturated carbocycles. The van der Waals surface area contributed by atoms with E-state index >= 15 is 0 Å². The molecule has 1 unspecified atom stereocenters. The highest BCUT2D eigenvalue weighted by molar-refractivity contribution is 5.94. The van der Waals surface area contributed by atoms with Crippen molar-refractivity contribution < 1.29 is 24.1 Å². The molecule has 1 saturated heterocycles. The number of aryl methyl sites for hydroxylation is 1. The number of aromatic amines is 1. The third-order valence-corrected chi connectivity index (χ3v) is 7.87. The Hall–Kier alpha value is -3.03. The molecule has 35 heavy (non-hydrogen) atoms. The molecule has 0 bridgehead atoms. The molecular weight excluding hydrogens is 444 g/mol. The number of rotatable bonds is 7. The first-order chi connectivity index (χ1) is 17.0. The number of carbonyl (C=O) groups is 1. The van der Waals surface area contributed by atoms with E-state index in [-0.39, 0.29) is 18.2 Å². The molecule has 184 valence electrons. The van der Waals surface area contributed by atoms with Crippen molar-refractivity contribution in [1.82, 2.24) is 9.88 Å². The summed E-state index contributed by atoms with van der Waals surface area (Å²) in [6.45, 7) is 4.34. The maximum Gasteiger partial charge on any atom is 0.335 e. The van der Waals surface area contributed by atoms with E-state index in [2.05, 4.69) is 22.9 Å². The Morgan fingerprint density at radius 2 is 2.00 bits per heavy atom. The van der Waals surface area contributed by atoms with Gasteiger partial charge in [0, 0.05) is 31.0 Å². The van der Waals surface area contributed by atoms with Crippen molar-refractivity contribution >= 4 is 16.9 Å². The fraction of sp³-hybridized carbons (Fsp3) is 0.464. The fourth-order valence-corrected chi connectivity index (χ4v) is 5.79. The molecule has 2 fully saturated rings. The van der Waals surface area contributed by atoms with E-state index in [0.717, 1.165) is 65.4 Å². The highest BCUT2D eigenvalue weighted by Crippen LogP contribution is 2.49. The van der Waals surface area contributed by atoms with Crippen molar-refractivity contribution in [2.75, 3.05) is 26.9 Å². The van der Waals surface area contributed by atoms with Gasteiger partial charge >= 0.3 is 5.97 Å². The lowest BCUT2D eigenvalue weighted by Gasteiger charge is -2.45. The molecule has 6 rings (SSSR count). The summed E-state index contributed by atoms with van der Waals surface area (Å²) >= 11 is 0. The summed E-state index contributed by atoms with van der Waals surface area (Å²) in [6, 6.07) is 9.54. The Kier molecular flexibility index (Phi) is 5.69. The second-order valence-corrected chi connectivity index (χ2v) is 10.1. The molecule has 2 aromatic carbocycles. The van der Waals surface area contributed by atoms with Gasteiger partial charge in [-0.25, -0.2) is 4.79 Å². The number of benzene rings is 2. The molecule has 2 N–H and O–H groups in total. The Morgan fingerprint density at radius 1 is 1.20 bits per heavy atom. The van der Waals surface area contributed by atoms with Gasteiger partial charge in [-0.15, -0.1) is 0 Å². The van der Waals surface area contributed by atoms with Gasteiger partial charge in [-0.1, -0.05) is 12.1 Å². The van der Waals surface area contributed by atoms with Gasteiger partial charge in [0.1, 0.15) is 18.1 Å². The number of aromatic carboxylic acids is 1. The van der Waals surface area contributed by atoms with Gasteiger partial charge in [-0.3, -0.25) is 4.90 Å². The van der Waals surface area contributed by atoms with E-state index in [1.807, 2.05) is 18.3 Å². The van der Waals surface area contributed by atoms with E-state index in [9.17, 15) is 9.90 Å². The van der Waals surface area contributed by atoms with Gasteiger partial charge in [0.15, 0.2) is 0 Å². The molecule has 1 aromatic heterocycles. The first-order valence-electron chi connectivity index (χ1n) is 12.6. The topological polar surface area (TPSA) is 84.0 Å². The highest BCUT2D eigenvalue weighted by atomic mass is 16.5. The number of nitrogens with one attached hydrogen (secondary N) is 1. The standard InChI is InChI=1S/C28H32N2O5/c1-16-11-23(33-2)25-22(15-35-24-13-29-27(16)26(24)25)30-10-9-20(34-14-17-3-4-17)12-21(30)18-5-7-19(8-6-18)28(31)32/h5-8,11,13,17,20-22,29H,3-4,9-10,12,14-15H2,1-2H3,(H,31,32)/t20-,21-,22?/m1/s1. The second-order valence-electron chi connectivity index (χ2n) is 10.1. The van der Waals surface area contributed by atoms with Crippen LogP contribution in [0.2, 0.25) is 0 Å². The molecule has 3 aliphatic rings. The number of likely N-dealkylation sites (tertiary alicyclic amines) is 1. The maximum absolute atomic E-state index is 11.4. The quantitative estimate of drug-likeness (QED) is 0.485. The molecule has 1 aliphatic carbocycles. The van der Waals surface area contributed by atoms with Crippen LogP contribution in [0.3, 0.4) is 0 Å². The summed E-state index contributed by atoms with van der Waals surface area (Å²) < 4.78 is 18.5. The van der Waals surface area contributed by atoms with Crippen LogP contribution in [0.4, 0.5) is 0 Å². The largest absolute Gasteiger partial charge is 0.496 e. The number of hydrogen-bond acceptors (Lipinski definition) is 5. The molecule has 7 heteroatoms. The molecule has 0 radical (unpaired) electrons. The normalized spacial score (nSPS) is 24.3. The number of methoxy groups -OCH3 is 1. The van der Waals surface area contributed by atoms with E-state index in [1.165, 1.54) is 18.4 Å². The number of carboxylic acid groups (broad SMARTS) is 1. The molecule has 3 atom stereocenters. The minimum atomic E-state index is -0.907.